The Labute approximate surface area is 264 Å². The number of nitrogens with one attached hydrogen (secondary N) is 1. The molecule has 0 aromatic heterocycles. The van der Waals surface area contributed by atoms with Crippen LogP contribution in [0.3, 0.4) is 0 Å². The van der Waals surface area contributed by atoms with Crippen LogP contribution in [0.25, 0.3) is 0 Å². The molecule has 1 N–H and O–H groups in total. The molecule has 0 fully saturated rings. The van der Waals surface area contributed by atoms with Gasteiger partial charge in [0.15, 0.2) is 0 Å². The molecule has 0 saturated carbocycles. The van der Waals surface area contributed by atoms with E-state index in [-0.39, 0.29) is 45.7 Å². The van der Waals surface area contributed by atoms with Gasteiger partial charge in [0.25, 0.3) is 0 Å². The highest BCUT2D eigenvalue weighted by atomic mass is 79.9. The molecular formula is C29H31BrCl3N3O4S. The summed E-state index contributed by atoms with van der Waals surface area (Å²) in [6.45, 7) is 3.27. The SMILES string of the molecule is CC[C@H](C)NC(=O)[C@@H](Cc1ccccc1)N(Cc1cccc(Br)c1)C(=O)CN(c1cc(Cl)c(Cl)cc1Cl)S(C)(=O)=O. The number of hydrogen-bond donors (Lipinski definition) is 1. The van der Waals surface area contributed by atoms with Gasteiger partial charge in [-0.05, 0) is 48.7 Å². The summed E-state index contributed by atoms with van der Waals surface area (Å²) in [5.74, 6) is -0.942. The van der Waals surface area contributed by atoms with Crippen molar-refractivity contribution in [1.29, 1.82) is 0 Å². The third-order valence-electron chi connectivity index (χ3n) is 6.45. The van der Waals surface area contributed by atoms with Gasteiger partial charge in [-0.3, -0.25) is 13.9 Å². The summed E-state index contributed by atoms with van der Waals surface area (Å²) in [4.78, 5) is 29.3. The molecule has 0 bridgehead atoms. The molecule has 12 heteroatoms. The number of sulfonamides is 1. The maximum atomic E-state index is 14.1. The molecule has 3 rings (SSSR count). The molecule has 7 nitrogen and oxygen atoms in total. The van der Waals surface area contributed by atoms with Gasteiger partial charge in [-0.15, -0.1) is 0 Å². The first-order valence-corrected chi connectivity index (χ1v) is 16.6. The van der Waals surface area contributed by atoms with Crippen molar-refractivity contribution in [3.63, 3.8) is 0 Å². The topological polar surface area (TPSA) is 86.8 Å². The van der Waals surface area contributed by atoms with E-state index in [1.165, 1.54) is 17.0 Å². The Balaban J connectivity index is 2.10. The van der Waals surface area contributed by atoms with Crippen LogP contribution >= 0.6 is 50.7 Å². The lowest BCUT2D eigenvalue weighted by molar-refractivity contribution is -0.140. The predicted molar refractivity (Wildman–Crippen MR) is 170 cm³/mol. The van der Waals surface area contributed by atoms with Crippen molar-refractivity contribution in [2.24, 2.45) is 0 Å². The zero-order chi connectivity index (χ0) is 30.3. The average Bonchev–Trinajstić information content (AvgIpc) is 2.91. The Kier molecular flexibility index (Phi) is 11.9. The van der Waals surface area contributed by atoms with Crippen LogP contribution in [0.5, 0.6) is 0 Å². The van der Waals surface area contributed by atoms with E-state index in [4.69, 9.17) is 34.8 Å². The fraction of sp³-hybridized carbons (Fsp3) is 0.310. The number of hydrogen-bond acceptors (Lipinski definition) is 4. The standard InChI is InChI=1S/C29H31BrCl3N3O4S/c1-4-19(2)34-29(38)27(14-20-9-6-5-7-10-20)35(17-21-11-8-12-22(30)13-21)28(37)18-36(41(3,39)40)26-16-24(32)23(31)15-25(26)33/h5-13,15-16,19,27H,4,14,17-18H2,1-3H3,(H,34,38)/t19-,27+/m0/s1. The Hall–Kier alpha value is -2.30. The number of anilines is 1. The number of benzene rings is 3. The fourth-order valence-electron chi connectivity index (χ4n) is 4.13. The minimum atomic E-state index is -4.01. The van der Waals surface area contributed by atoms with Crippen molar-refractivity contribution in [2.45, 2.75) is 45.3 Å². The van der Waals surface area contributed by atoms with E-state index in [2.05, 4.69) is 21.2 Å². The monoisotopic (exact) mass is 701 g/mol. The van der Waals surface area contributed by atoms with Crippen molar-refractivity contribution in [1.82, 2.24) is 10.2 Å². The first kappa shape index (κ1) is 33.2. The van der Waals surface area contributed by atoms with Crippen LogP contribution in [-0.2, 0) is 32.6 Å². The maximum Gasteiger partial charge on any atom is 0.244 e. The summed E-state index contributed by atoms with van der Waals surface area (Å²) in [5.41, 5.74) is 1.60. The van der Waals surface area contributed by atoms with Crippen molar-refractivity contribution >= 4 is 78.3 Å². The normalized spacial score (nSPS) is 12.9. The van der Waals surface area contributed by atoms with Crippen LogP contribution in [0.1, 0.15) is 31.4 Å². The third-order valence-corrected chi connectivity index (χ3v) is 9.10. The highest BCUT2D eigenvalue weighted by Gasteiger charge is 2.34. The summed E-state index contributed by atoms with van der Waals surface area (Å²) in [5, 5.41) is 3.22. The summed E-state index contributed by atoms with van der Waals surface area (Å²) in [6, 6.07) is 18.2. The number of halogens is 4. The number of carbonyl (C=O) groups is 2. The summed E-state index contributed by atoms with van der Waals surface area (Å²) < 4.78 is 27.6. The smallest absolute Gasteiger partial charge is 0.244 e. The van der Waals surface area contributed by atoms with Crippen LogP contribution in [0.15, 0.2) is 71.2 Å². The number of nitrogens with zero attached hydrogens (tertiary/aromatic N) is 2. The van der Waals surface area contributed by atoms with Crippen molar-refractivity contribution in [3.05, 3.63) is 97.4 Å². The second-order valence-electron chi connectivity index (χ2n) is 9.66. The first-order chi connectivity index (χ1) is 19.3. The molecule has 0 spiro atoms. The molecule has 41 heavy (non-hydrogen) atoms. The van der Waals surface area contributed by atoms with E-state index in [9.17, 15) is 18.0 Å². The molecule has 0 unspecified atom stereocenters. The zero-order valence-electron chi connectivity index (χ0n) is 22.8. The molecule has 3 aromatic carbocycles. The van der Waals surface area contributed by atoms with Crippen LogP contribution in [0, 0.1) is 0 Å². The van der Waals surface area contributed by atoms with Crippen LogP contribution in [0.4, 0.5) is 5.69 Å². The lowest BCUT2D eigenvalue weighted by atomic mass is 10.0. The Morgan fingerprint density at radius 1 is 0.927 bits per heavy atom. The van der Waals surface area contributed by atoms with Crippen molar-refractivity contribution < 1.29 is 18.0 Å². The van der Waals surface area contributed by atoms with Gasteiger partial charge in [-0.2, -0.15) is 0 Å². The molecule has 0 aliphatic heterocycles. The fourth-order valence-corrected chi connectivity index (χ4v) is 6.12. The highest BCUT2D eigenvalue weighted by molar-refractivity contribution is 9.10. The molecule has 0 aliphatic rings. The molecule has 0 aliphatic carbocycles. The van der Waals surface area contributed by atoms with Crippen LogP contribution in [-0.4, -0.2) is 50.0 Å². The Bertz CT molecular complexity index is 1490. The van der Waals surface area contributed by atoms with Gasteiger partial charge in [-0.25, -0.2) is 8.42 Å². The van der Waals surface area contributed by atoms with E-state index in [0.29, 0.717) is 6.42 Å². The number of amides is 2. The second-order valence-corrected chi connectivity index (χ2v) is 13.7. The molecule has 220 valence electrons. The van der Waals surface area contributed by atoms with Gasteiger partial charge < -0.3 is 10.2 Å². The molecule has 3 aromatic rings. The Morgan fingerprint density at radius 2 is 1.56 bits per heavy atom. The quantitative estimate of drug-likeness (QED) is 0.212. The van der Waals surface area contributed by atoms with Crippen molar-refractivity contribution in [2.75, 3.05) is 17.1 Å². The van der Waals surface area contributed by atoms with Crippen LogP contribution in [0.2, 0.25) is 15.1 Å². The van der Waals surface area contributed by atoms with E-state index in [0.717, 1.165) is 26.2 Å². The van der Waals surface area contributed by atoms with Gasteiger partial charge in [0.1, 0.15) is 12.6 Å². The lowest BCUT2D eigenvalue weighted by Gasteiger charge is -2.34. The van der Waals surface area contributed by atoms with Crippen LogP contribution < -0.4 is 9.62 Å². The molecule has 2 amide bonds. The highest BCUT2D eigenvalue weighted by Crippen LogP contribution is 2.35. The third kappa shape index (κ3) is 9.35. The molecule has 0 heterocycles. The van der Waals surface area contributed by atoms with E-state index < -0.39 is 28.5 Å². The predicted octanol–water partition coefficient (Wildman–Crippen LogP) is 6.73. The van der Waals surface area contributed by atoms with Gasteiger partial charge >= 0.3 is 0 Å². The minimum absolute atomic E-state index is 0.00277. The number of carbonyl (C=O) groups excluding carboxylic acids is 2. The summed E-state index contributed by atoms with van der Waals surface area (Å²) >= 11 is 22.1. The number of rotatable bonds is 12. The molecular weight excluding hydrogens is 673 g/mol. The van der Waals surface area contributed by atoms with Gasteiger partial charge in [0.2, 0.25) is 21.8 Å². The van der Waals surface area contributed by atoms with Gasteiger partial charge in [0, 0.05) is 23.5 Å². The molecule has 0 saturated heterocycles. The minimum Gasteiger partial charge on any atom is -0.352 e. The van der Waals surface area contributed by atoms with E-state index in [1.807, 2.05) is 68.4 Å². The van der Waals surface area contributed by atoms with Gasteiger partial charge in [-0.1, -0.05) is 100 Å². The first-order valence-electron chi connectivity index (χ1n) is 12.8. The molecule has 2 atom stereocenters. The van der Waals surface area contributed by atoms with Gasteiger partial charge in [0.05, 0.1) is 27.0 Å². The molecule has 0 radical (unpaired) electrons. The second kappa shape index (κ2) is 14.7. The van der Waals surface area contributed by atoms with E-state index >= 15 is 0 Å². The maximum absolute atomic E-state index is 14.1. The Morgan fingerprint density at radius 3 is 2.17 bits per heavy atom. The van der Waals surface area contributed by atoms with Crippen molar-refractivity contribution in [3.8, 4) is 0 Å². The largest absolute Gasteiger partial charge is 0.352 e. The lowest BCUT2D eigenvalue weighted by Crippen LogP contribution is -2.54. The summed E-state index contributed by atoms with van der Waals surface area (Å²) in [6.07, 6.45) is 1.88. The average molecular weight is 704 g/mol. The van der Waals surface area contributed by atoms with E-state index in [1.54, 1.807) is 0 Å². The summed E-state index contributed by atoms with van der Waals surface area (Å²) in [7, 11) is -4.01. The zero-order valence-corrected chi connectivity index (χ0v) is 27.5.